The predicted octanol–water partition coefficient (Wildman–Crippen LogP) is 3.00. The molecule has 1 unspecified atom stereocenters. The molecule has 2 rings (SSSR count). The second-order valence-electron chi connectivity index (χ2n) is 5.97. The molecule has 0 aliphatic carbocycles. The first-order valence-electron chi connectivity index (χ1n) is 8.76. The standard InChI is InChI=1S/C18H29BrN4O/c1-4-20-18(22-13-15-7-6-10-23(15)5-2)21-12-14-8-9-17(24-3)16(19)11-14/h8-9,11,15H,4-7,10,12-13H2,1-3H3,(H2,20,21,22). The van der Waals surface area contributed by atoms with Crippen molar-refractivity contribution in [1.82, 2.24) is 15.5 Å². The average molecular weight is 397 g/mol. The van der Waals surface area contributed by atoms with Crippen molar-refractivity contribution in [2.75, 3.05) is 33.3 Å². The van der Waals surface area contributed by atoms with Crippen LogP contribution in [0.15, 0.2) is 27.7 Å². The number of likely N-dealkylation sites (tertiary alicyclic amines) is 1. The van der Waals surface area contributed by atoms with Crippen molar-refractivity contribution in [1.29, 1.82) is 0 Å². The van der Waals surface area contributed by atoms with Crippen molar-refractivity contribution in [3.8, 4) is 5.75 Å². The molecular formula is C18H29BrN4O. The fourth-order valence-corrected chi connectivity index (χ4v) is 3.67. The number of halogens is 1. The number of guanidine groups is 1. The van der Waals surface area contributed by atoms with Crippen LogP contribution in [0.4, 0.5) is 0 Å². The number of ether oxygens (including phenoxy) is 1. The highest BCUT2D eigenvalue weighted by molar-refractivity contribution is 9.10. The highest BCUT2D eigenvalue weighted by atomic mass is 79.9. The van der Waals surface area contributed by atoms with E-state index in [1.807, 2.05) is 12.1 Å². The summed E-state index contributed by atoms with van der Waals surface area (Å²) in [7, 11) is 1.67. The predicted molar refractivity (Wildman–Crippen MR) is 104 cm³/mol. The third-order valence-corrected chi connectivity index (χ3v) is 5.01. The van der Waals surface area contributed by atoms with Gasteiger partial charge in [-0.15, -0.1) is 0 Å². The van der Waals surface area contributed by atoms with Gasteiger partial charge >= 0.3 is 0 Å². The van der Waals surface area contributed by atoms with Gasteiger partial charge in [-0.3, -0.25) is 4.90 Å². The molecule has 0 spiro atoms. The second-order valence-corrected chi connectivity index (χ2v) is 6.82. The number of benzene rings is 1. The fraction of sp³-hybridized carbons (Fsp3) is 0.611. The smallest absolute Gasteiger partial charge is 0.191 e. The van der Waals surface area contributed by atoms with Crippen molar-refractivity contribution in [2.24, 2.45) is 4.99 Å². The van der Waals surface area contributed by atoms with Gasteiger partial charge in [-0.1, -0.05) is 13.0 Å². The van der Waals surface area contributed by atoms with E-state index in [0.29, 0.717) is 12.6 Å². The summed E-state index contributed by atoms with van der Waals surface area (Å²) in [5.74, 6) is 1.72. The second kappa shape index (κ2) is 9.89. The number of likely N-dealkylation sites (N-methyl/N-ethyl adjacent to an activating group) is 1. The molecule has 0 bridgehead atoms. The summed E-state index contributed by atoms with van der Waals surface area (Å²) in [6, 6.07) is 6.69. The van der Waals surface area contributed by atoms with Gasteiger partial charge in [-0.05, 0) is 66.5 Å². The van der Waals surface area contributed by atoms with Crippen LogP contribution in [0.5, 0.6) is 5.75 Å². The lowest BCUT2D eigenvalue weighted by Gasteiger charge is -2.24. The van der Waals surface area contributed by atoms with E-state index in [0.717, 1.165) is 41.4 Å². The van der Waals surface area contributed by atoms with E-state index in [1.165, 1.54) is 19.4 Å². The summed E-state index contributed by atoms with van der Waals surface area (Å²) in [6.07, 6.45) is 2.57. The van der Waals surface area contributed by atoms with Crippen molar-refractivity contribution in [2.45, 2.75) is 39.3 Å². The Kier molecular flexibility index (Phi) is 7.85. The van der Waals surface area contributed by atoms with Crippen molar-refractivity contribution < 1.29 is 4.74 Å². The van der Waals surface area contributed by atoms with Gasteiger partial charge in [0.25, 0.3) is 0 Å². The fourth-order valence-electron chi connectivity index (χ4n) is 3.08. The zero-order valence-corrected chi connectivity index (χ0v) is 16.5. The zero-order chi connectivity index (χ0) is 17.4. The molecule has 1 fully saturated rings. The number of methoxy groups -OCH3 is 1. The van der Waals surface area contributed by atoms with Crippen molar-refractivity contribution in [3.63, 3.8) is 0 Å². The monoisotopic (exact) mass is 396 g/mol. The maximum atomic E-state index is 5.27. The third kappa shape index (κ3) is 5.38. The van der Waals surface area contributed by atoms with Gasteiger partial charge < -0.3 is 15.4 Å². The topological polar surface area (TPSA) is 48.9 Å². The molecule has 5 nitrogen and oxygen atoms in total. The minimum atomic E-state index is 0.619. The molecule has 1 aliphatic rings. The molecule has 1 saturated heterocycles. The lowest BCUT2D eigenvalue weighted by atomic mass is 10.2. The van der Waals surface area contributed by atoms with Crippen LogP contribution in [0.25, 0.3) is 0 Å². The van der Waals surface area contributed by atoms with Crippen LogP contribution in [-0.4, -0.2) is 50.2 Å². The molecule has 134 valence electrons. The Bertz CT molecular complexity index is 550. The Morgan fingerprint density at radius 3 is 2.88 bits per heavy atom. The first-order chi connectivity index (χ1) is 11.7. The van der Waals surface area contributed by atoms with Crippen LogP contribution in [0.2, 0.25) is 0 Å². The van der Waals surface area contributed by atoms with Crippen LogP contribution in [0.1, 0.15) is 32.3 Å². The summed E-state index contributed by atoms with van der Waals surface area (Å²) in [4.78, 5) is 7.25. The van der Waals surface area contributed by atoms with Gasteiger partial charge in [0.2, 0.25) is 0 Å². The summed E-state index contributed by atoms with van der Waals surface area (Å²) in [5, 5.41) is 6.83. The van der Waals surface area contributed by atoms with Gasteiger partial charge in [0, 0.05) is 19.1 Å². The highest BCUT2D eigenvalue weighted by Crippen LogP contribution is 2.25. The van der Waals surface area contributed by atoms with Crippen molar-refractivity contribution in [3.05, 3.63) is 28.2 Å². The van der Waals surface area contributed by atoms with Crippen LogP contribution < -0.4 is 15.4 Å². The molecule has 1 aliphatic heterocycles. The molecular weight excluding hydrogens is 368 g/mol. The first-order valence-corrected chi connectivity index (χ1v) is 9.55. The van der Waals surface area contributed by atoms with Gasteiger partial charge in [-0.25, -0.2) is 4.99 Å². The first kappa shape index (κ1) is 19.1. The Balaban J connectivity index is 1.93. The quantitative estimate of drug-likeness (QED) is 0.549. The maximum Gasteiger partial charge on any atom is 0.191 e. The number of nitrogens with zero attached hydrogens (tertiary/aromatic N) is 2. The number of rotatable bonds is 7. The Hall–Kier alpha value is -1.27. The van der Waals surface area contributed by atoms with Gasteiger partial charge in [-0.2, -0.15) is 0 Å². The summed E-state index contributed by atoms with van der Waals surface area (Å²) < 4.78 is 6.23. The third-order valence-electron chi connectivity index (χ3n) is 4.39. The molecule has 2 N–H and O–H groups in total. The molecule has 1 heterocycles. The van der Waals surface area contributed by atoms with E-state index in [-0.39, 0.29) is 0 Å². The van der Waals surface area contributed by atoms with Crippen LogP contribution in [0.3, 0.4) is 0 Å². The largest absolute Gasteiger partial charge is 0.496 e. The van der Waals surface area contributed by atoms with E-state index in [1.54, 1.807) is 7.11 Å². The molecule has 0 saturated carbocycles. The van der Waals surface area contributed by atoms with E-state index in [2.05, 4.69) is 51.4 Å². The zero-order valence-electron chi connectivity index (χ0n) is 14.9. The Labute approximate surface area is 154 Å². The van der Waals surface area contributed by atoms with Gasteiger partial charge in [0.15, 0.2) is 5.96 Å². The van der Waals surface area contributed by atoms with Crippen molar-refractivity contribution >= 4 is 21.9 Å². The molecule has 6 heteroatoms. The summed E-state index contributed by atoms with van der Waals surface area (Å²) in [6.45, 7) is 9.12. The Morgan fingerprint density at radius 2 is 2.21 bits per heavy atom. The lowest BCUT2D eigenvalue weighted by molar-refractivity contribution is 0.267. The normalized spacial score (nSPS) is 18.7. The van der Waals surface area contributed by atoms with Crippen LogP contribution in [-0.2, 0) is 6.54 Å². The molecule has 0 aromatic heterocycles. The van der Waals surface area contributed by atoms with E-state index in [4.69, 9.17) is 9.73 Å². The maximum absolute atomic E-state index is 5.27. The average Bonchev–Trinajstić information content (AvgIpc) is 3.05. The number of hydrogen-bond acceptors (Lipinski definition) is 3. The molecule has 24 heavy (non-hydrogen) atoms. The van der Waals surface area contributed by atoms with E-state index in [9.17, 15) is 0 Å². The summed E-state index contributed by atoms with van der Waals surface area (Å²) >= 11 is 3.52. The molecule has 0 amide bonds. The molecule has 1 atom stereocenters. The van der Waals surface area contributed by atoms with Crippen LogP contribution in [0, 0.1) is 0 Å². The number of hydrogen-bond donors (Lipinski definition) is 2. The molecule has 0 radical (unpaired) electrons. The van der Waals surface area contributed by atoms with Gasteiger partial charge in [0.1, 0.15) is 5.75 Å². The lowest BCUT2D eigenvalue weighted by Crippen LogP contribution is -2.44. The number of aliphatic imine (C=N–C) groups is 1. The summed E-state index contributed by atoms with van der Waals surface area (Å²) in [5.41, 5.74) is 1.15. The minimum absolute atomic E-state index is 0.619. The number of nitrogens with one attached hydrogen (secondary N) is 2. The van der Waals surface area contributed by atoms with Gasteiger partial charge in [0.05, 0.1) is 18.1 Å². The molecule has 1 aromatic carbocycles. The highest BCUT2D eigenvalue weighted by Gasteiger charge is 2.22. The van der Waals surface area contributed by atoms with E-state index >= 15 is 0 Å². The minimum Gasteiger partial charge on any atom is -0.496 e. The van der Waals surface area contributed by atoms with Crippen LogP contribution >= 0.6 is 15.9 Å². The molecule has 1 aromatic rings. The van der Waals surface area contributed by atoms with E-state index < -0.39 is 0 Å². The Morgan fingerprint density at radius 1 is 1.38 bits per heavy atom. The SMILES string of the molecule is CCNC(=NCc1ccc(OC)c(Br)c1)NCC1CCCN1CC.